The second-order valence-electron chi connectivity index (χ2n) is 31.7. The molecule has 10 aromatic heterocycles. The Morgan fingerprint density at radius 1 is 0.297 bits per heavy atom. The predicted octanol–water partition coefficient (Wildman–Crippen LogP) is 26.3. The van der Waals surface area contributed by atoms with Crippen LogP contribution in [0.4, 0.5) is 0 Å². The van der Waals surface area contributed by atoms with Crippen molar-refractivity contribution in [3.05, 3.63) is 348 Å². The summed E-state index contributed by atoms with van der Waals surface area (Å²) in [6.07, 6.45) is 7.73. The van der Waals surface area contributed by atoms with E-state index in [2.05, 4.69) is 228 Å². The van der Waals surface area contributed by atoms with Crippen molar-refractivity contribution >= 4 is 131 Å². The van der Waals surface area contributed by atoms with Crippen LogP contribution in [0.5, 0.6) is 0 Å². The van der Waals surface area contributed by atoms with Gasteiger partial charge in [0, 0.05) is 132 Å². The Labute approximate surface area is 693 Å². The summed E-state index contributed by atoms with van der Waals surface area (Å²) in [5.74, 6) is 0.502. The molecule has 572 valence electrons. The Morgan fingerprint density at radius 3 is 1.11 bits per heavy atom. The third-order valence-corrected chi connectivity index (χ3v) is 23.5. The minimum absolute atomic E-state index is 0.332. The number of fused-ring (bicyclic) bond motifs is 16. The molecule has 22 rings (SSSR count). The zero-order valence-corrected chi connectivity index (χ0v) is 67.8. The second kappa shape index (κ2) is 29.9. The highest BCUT2D eigenvalue weighted by molar-refractivity contribution is 6.14. The van der Waals surface area contributed by atoms with Gasteiger partial charge in [-0.15, -0.1) is 0 Å². The van der Waals surface area contributed by atoms with Gasteiger partial charge in [-0.05, 0) is 217 Å². The molecule has 0 N–H and O–H groups in total. The SMILES string of the molecule is Cc1c(-c2cc(C(C)C)cc[n+]2C)ccc2c1oc1cc3ccccc3cc12.Cc1cc[n+](C)c(-c2ccc3c(oc4cc5ccccc5cc43)c2C)c1.[2H]C([2H])([2H])c1c[n+](C)c(-c2cc3c(cc2C)oc2nc4ccccc4cc23)cc1-c1ccccc1.[2H]C([2H])([2H])c1c[n+](C)c(-c2cc3c(cc2C)oc2nc4ccccc4cc23)cc1-c1ccccc1. The molecule has 0 saturated heterocycles. The second-order valence-corrected chi connectivity index (χ2v) is 31.7. The summed E-state index contributed by atoms with van der Waals surface area (Å²) < 4.78 is 81.8. The van der Waals surface area contributed by atoms with Crippen molar-refractivity contribution in [3.63, 3.8) is 0 Å². The monoisotopic (exact) mass is 1540 g/mol. The number of hydrogen-bond donors (Lipinski definition) is 0. The highest BCUT2D eigenvalue weighted by Gasteiger charge is 2.26. The fraction of sp³-hybridized carbons (Fsp3) is 0.130. The summed E-state index contributed by atoms with van der Waals surface area (Å²) in [4.78, 5) is 9.45. The molecular formula is C108H90N6O4+4. The Bertz CT molecular complexity index is 7800. The molecule has 10 heterocycles. The molecule has 0 unspecified atom stereocenters. The maximum Gasteiger partial charge on any atom is 0.227 e. The first-order valence-electron chi connectivity index (χ1n) is 43.0. The molecule has 10 heteroatoms. The van der Waals surface area contributed by atoms with E-state index in [4.69, 9.17) is 35.9 Å². The van der Waals surface area contributed by atoms with Gasteiger partial charge in [-0.2, -0.15) is 0 Å². The number of aryl methyl sites for hydroxylation is 11. The van der Waals surface area contributed by atoms with Gasteiger partial charge in [0.25, 0.3) is 0 Å². The van der Waals surface area contributed by atoms with Crippen LogP contribution in [-0.4, -0.2) is 9.97 Å². The summed E-state index contributed by atoms with van der Waals surface area (Å²) in [7, 11) is 7.98. The smallest absolute Gasteiger partial charge is 0.227 e. The molecule has 0 spiro atoms. The van der Waals surface area contributed by atoms with E-state index in [1.165, 1.54) is 87.9 Å². The summed E-state index contributed by atoms with van der Waals surface area (Å²) >= 11 is 0. The Hall–Kier alpha value is -14.2. The standard InChI is InChI=1S/2C29H23N2O.C26H24NO.C24H20NO/c2*1-18-13-28-24(25-14-21-11-7-8-12-26(21)30-29(25)32-28)15-23(18)27-16-22(19(2)17-31(27)3)20-9-5-4-6-10-20;1-16(2)18-11-12-27(4)24(14-18)21-9-10-22-23-13-19-7-5-6-8-20(19)15-25(23)28-26(22)17(21)3;1-15-10-11-25(3)22(12-15)19-8-9-20-21-13-17-6-4-5-7-18(17)14-23(21)26-24(20)16(19)2/h2*4-17H,1-3H3;5-16H,1-4H3;4-14H,1-3H3/q4*+1/i2*2D3;;. The third kappa shape index (κ3) is 13.4. The van der Waals surface area contributed by atoms with Crippen molar-refractivity contribution < 1.29 is 44.2 Å². The van der Waals surface area contributed by atoms with E-state index < -0.39 is 13.7 Å². The lowest BCUT2D eigenvalue weighted by atomic mass is 9.96. The molecule has 0 aliphatic heterocycles. The number of para-hydroxylation sites is 2. The number of aromatic nitrogens is 6. The zero-order valence-electron chi connectivity index (χ0n) is 73.8. The van der Waals surface area contributed by atoms with Gasteiger partial charge >= 0.3 is 0 Å². The number of benzene rings is 12. The van der Waals surface area contributed by atoms with Crippen molar-refractivity contribution in [2.24, 2.45) is 28.2 Å². The predicted molar refractivity (Wildman–Crippen MR) is 485 cm³/mol. The molecule has 118 heavy (non-hydrogen) atoms. The summed E-state index contributed by atoms with van der Waals surface area (Å²) in [6, 6.07) is 95.3. The highest BCUT2D eigenvalue weighted by Crippen LogP contribution is 2.43. The molecule has 0 aliphatic carbocycles. The van der Waals surface area contributed by atoms with Crippen molar-refractivity contribution in [1.82, 2.24) is 9.97 Å². The molecular weight excluding hydrogens is 1450 g/mol. The normalized spacial score (nSPS) is 12.6. The average Bonchev–Trinajstić information content (AvgIpc) is 1.67. The van der Waals surface area contributed by atoms with E-state index in [9.17, 15) is 0 Å². The number of rotatable bonds is 7. The first-order chi connectivity index (χ1) is 59.7. The first kappa shape index (κ1) is 67.1. The van der Waals surface area contributed by atoms with Crippen molar-refractivity contribution in [2.75, 3.05) is 0 Å². The minimum atomic E-state index is -2.23. The largest absolute Gasteiger partial charge is 0.456 e. The maximum absolute atomic E-state index is 8.12. The van der Waals surface area contributed by atoms with Gasteiger partial charge in [0.15, 0.2) is 24.8 Å². The third-order valence-electron chi connectivity index (χ3n) is 23.5. The van der Waals surface area contributed by atoms with Crippen LogP contribution in [0.2, 0.25) is 0 Å². The van der Waals surface area contributed by atoms with E-state index in [0.29, 0.717) is 39.6 Å². The highest BCUT2D eigenvalue weighted by atomic mass is 16.3. The van der Waals surface area contributed by atoms with Crippen LogP contribution in [0.15, 0.2) is 322 Å². The fourth-order valence-corrected chi connectivity index (χ4v) is 17.0. The number of furan rings is 4. The van der Waals surface area contributed by atoms with E-state index in [-0.39, 0.29) is 0 Å². The van der Waals surface area contributed by atoms with Gasteiger partial charge in [-0.25, -0.2) is 28.2 Å². The number of nitrogens with zero attached hydrogens (tertiary/aromatic N) is 6. The molecule has 0 fully saturated rings. The van der Waals surface area contributed by atoms with Gasteiger partial charge < -0.3 is 17.7 Å². The molecule has 0 radical (unpaired) electrons. The topological polar surface area (TPSA) is 93.9 Å². The fourth-order valence-electron chi connectivity index (χ4n) is 17.0. The molecule has 0 bridgehead atoms. The van der Waals surface area contributed by atoms with Gasteiger partial charge in [-0.3, -0.25) is 0 Å². The Morgan fingerprint density at radius 2 is 0.669 bits per heavy atom. The van der Waals surface area contributed by atoms with E-state index in [1.807, 2.05) is 158 Å². The maximum atomic E-state index is 8.12. The molecule has 0 amide bonds. The molecule has 0 saturated carbocycles. The quantitative estimate of drug-likeness (QED) is 0.148. The van der Waals surface area contributed by atoms with E-state index in [1.54, 1.807) is 12.4 Å². The van der Waals surface area contributed by atoms with Crippen LogP contribution in [0.25, 0.3) is 199 Å². The summed E-state index contributed by atoms with van der Waals surface area (Å²) in [6.45, 7) is 10.6. The van der Waals surface area contributed by atoms with Crippen LogP contribution in [0, 0.1) is 48.3 Å². The van der Waals surface area contributed by atoms with Crippen molar-refractivity contribution in [2.45, 2.75) is 68.1 Å². The minimum Gasteiger partial charge on any atom is -0.456 e. The molecule has 0 atom stereocenters. The van der Waals surface area contributed by atoms with Crippen LogP contribution < -0.4 is 18.3 Å². The molecule has 0 aliphatic rings. The van der Waals surface area contributed by atoms with Crippen LogP contribution >= 0.6 is 0 Å². The molecule has 22 aromatic rings. The van der Waals surface area contributed by atoms with Gasteiger partial charge in [-0.1, -0.05) is 159 Å². The van der Waals surface area contributed by atoms with Crippen LogP contribution in [0.1, 0.15) is 72.5 Å². The Balaban J connectivity index is 0.000000109. The van der Waals surface area contributed by atoms with Crippen molar-refractivity contribution in [3.8, 4) is 67.3 Å². The lowest BCUT2D eigenvalue weighted by Gasteiger charge is -2.10. The van der Waals surface area contributed by atoms with Crippen LogP contribution in [-0.2, 0) is 28.2 Å². The lowest BCUT2D eigenvalue weighted by molar-refractivity contribution is -0.660. The first-order valence-corrected chi connectivity index (χ1v) is 40.0. The van der Waals surface area contributed by atoms with E-state index >= 15 is 0 Å². The lowest BCUT2D eigenvalue weighted by Crippen LogP contribution is -2.31. The van der Waals surface area contributed by atoms with Gasteiger partial charge in [0.2, 0.25) is 34.2 Å². The zero-order chi connectivity index (χ0) is 85.9. The summed E-state index contributed by atoms with van der Waals surface area (Å²) in [5, 5.41) is 15.7. The van der Waals surface area contributed by atoms with Gasteiger partial charge in [0.05, 0.1) is 22.2 Å². The molecule has 10 nitrogen and oxygen atoms in total. The molecule has 12 aromatic carbocycles. The summed E-state index contributed by atoms with van der Waals surface area (Å²) in [5.41, 5.74) is 28.1. The van der Waals surface area contributed by atoms with Crippen LogP contribution in [0.3, 0.4) is 0 Å². The van der Waals surface area contributed by atoms with Crippen molar-refractivity contribution in [1.29, 1.82) is 0 Å². The average molecular weight is 1540 g/mol. The van der Waals surface area contributed by atoms with E-state index in [0.717, 1.165) is 122 Å². The number of pyridine rings is 6. The Kier molecular flexibility index (Phi) is 17.0. The number of hydrogen-bond acceptors (Lipinski definition) is 6. The van der Waals surface area contributed by atoms with Gasteiger partial charge in [0.1, 0.15) is 61.7 Å².